The van der Waals surface area contributed by atoms with E-state index in [1.807, 2.05) is 24.3 Å². The lowest BCUT2D eigenvalue weighted by atomic mass is 9.95. The Bertz CT molecular complexity index is 670. The van der Waals surface area contributed by atoms with Crippen molar-refractivity contribution >= 4 is 39.4 Å². The van der Waals surface area contributed by atoms with Crippen LogP contribution in [0.1, 0.15) is 19.3 Å². The minimum Gasteiger partial charge on any atom is -0.481 e. The molecule has 1 atom stereocenters. The van der Waals surface area contributed by atoms with Crippen molar-refractivity contribution < 1.29 is 19.5 Å². The number of benzene rings is 1. The number of nitrogens with zero attached hydrogens (tertiary/aromatic N) is 2. The van der Waals surface area contributed by atoms with Crippen LogP contribution in [-0.4, -0.2) is 47.4 Å². The molecule has 0 radical (unpaired) electrons. The Kier molecular flexibility index (Phi) is 4.89. The second-order valence-corrected chi connectivity index (χ2v) is 7.07. The molecule has 0 aromatic heterocycles. The molecule has 2 heterocycles. The molecule has 0 saturated carbocycles. The van der Waals surface area contributed by atoms with E-state index in [0.717, 1.165) is 10.2 Å². The van der Waals surface area contributed by atoms with Gasteiger partial charge in [0, 0.05) is 24.1 Å². The zero-order valence-electron chi connectivity index (χ0n) is 13.2. The molecule has 6 nitrogen and oxygen atoms in total. The molecule has 24 heavy (non-hydrogen) atoms. The summed E-state index contributed by atoms with van der Waals surface area (Å²) in [6, 6.07) is 7.46. The maximum Gasteiger partial charge on any atom is 0.306 e. The number of carbonyl (C=O) groups excluding carboxylic acids is 2. The van der Waals surface area contributed by atoms with Crippen molar-refractivity contribution in [3.63, 3.8) is 0 Å². The van der Waals surface area contributed by atoms with Crippen LogP contribution >= 0.6 is 15.9 Å². The van der Waals surface area contributed by atoms with Crippen molar-refractivity contribution in [3.8, 4) is 0 Å². The molecule has 1 unspecified atom stereocenters. The van der Waals surface area contributed by atoms with E-state index in [1.54, 1.807) is 9.80 Å². The molecule has 1 aromatic carbocycles. The number of carboxylic acid groups (broad SMARTS) is 1. The Morgan fingerprint density at radius 3 is 2.38 bits per heavy atom. The predicted octanol–water partition coefficient (Wildman–Crippen LogP) is 2.13. The first-order chi connectivity index (χ1) is 11.5. The topological polar surface area (TPSA) is 77.9 Å². The van der Waals surface area contributed by atoms with Crippen molar-refractivity contribution in [1.29, 1.82) is 0 Å². The molecule has 1 N–H and O–H groups in total. The van der Waals surface area contributed by atoms with Crippen LogP contribution in [-0.2, 0) is 14.4 Å². The normalized spacial score (nSPS) is 22.0. The van der Waals surface area contributed by atoms with E-state index in [1.165, 1.54) is 0 Å². The van der Waals surface area contributed by atoms with Gasteiger partial charge in [-0.25, -0.2) is 0 Å². The van der Waals surface area contributed by atoms with E-state index in [0.29, 0.717) is 38.9 Å². The number of likely N-dealkylation sites (tertiary alicyclic amines) is 1. The Morgan fingerprint density at radius 2 is 1.75 bits per heavy atom. The predicted molar refractivity (Wildman–Crippen MR) is 91.5 cm³/mol. The summed E-state index contributed by atoms with van der Waals surface area (Å²) < 4.78 is 0.828. The van der Waals surface area contributed by atoms with Crippen LogP contribution in [0.2, 0.25) is 0 Å². The molecular weight excluding hydrogens is 376 g/mol. The molecule has 0 bridgehead atoms. The number of carboxylic acids is 1. The highest BCUT2D eigenvalue weighted by Crippen LogP contribution is 2.32. The van der Waals surface area contributed by atoms with Gasteiger partial charge in [-0.3, -0.25) is 14.4 Å². The molecule has 1 aromatic rings. The standard InChI is InChI=1S/C17H19BrN2O4/c18-13-3-1-2-4-14(13)20-10-7-12(16(20)22)15(21)19-8-5-11(6-9-19)17(23)24/h1-4,11-12H,5-10H2,(H,23,24). The van der Waals surface area contributed by atoms with Gasteiger partial charge in [0.1, 0.15) is 5.92 Å². The molecule has 2 aliphatic rings. The summed E-state index contributed by atoms with van der Waals surface area (Å²) >= 11 is 3.44. The van der Waals surface area contributed by atoms with Crippen LogP contribution in [0.15, 0.2) is 28.7 Å². The number of hydrogen-bond acceptors (Lipinski definition) is 3. The van der Waals surface area contributed by atoms with E-state index in [2.05, 4.69) is 15.9 Å². The Morgan fingerprint density at radius 1 is 1.08 bits per heavy atom. The third-order valence-electron chi connectivity index (χ3n) is 4.80. The molecule has 2 amide bonds. The summed E-state index contributed by atoms with van der Waals surface area (Å²) in [6.07, 6.45) is 1.41. The summed E-state index contributed by atoms with van der Waals surface area (Å²) in [7, 11) is 0. The number of amides is 2. The van der Waals surface area contributed by atoms with Crippen LogP contribution in [0.5, 0.6) is 0 Å². The van der Waals surface area contributed by atoms with Crippen LogP contribution in [0.25, 0.3) is 0 Å². The first-order valence-electron chi connectivity index (χ1n) is 8.06. The number of para-hydroxylation sites is 1. The van der Waals surface area contributed by atoms with Crippen molar-refractivity contribution in [1.82, 2.24) is 4.90 Å². The minimum absolute atomic E-state index is 0.168. The number of halogens is 1. The van der Waals surface area contributed by atoms with Crippen molar-refractivity contribution in [3.05, 3.63) is 28.7 Å². The highest BCUT2D eigenvalue weighted by atomic mass is 79.9. The van der Waals surface area contributed by atoms with Gasteiger partial charge in [0.15, 0.2) is 0 Å². The van der Waals surface area contributed by atoms with Gasteiger partial charge < -0.3 is 14.9 Å². The molecule has 2 aliphatic heterocycles. The maximum atomic E-state index is 12.7. The van der Waals surface area contributed by atoms with Gasteiger partial charge in [-0.15, -0.1) is 0 Å². The van der Waals surface area contributed by atoms with Crippen molar-refractivity contribution in [2.75, 3.05) is 24.5 Å². The van der Waals surface area contributed by atoms with Crippen molar-refractivity contribution in [2.45, 2.75) is 19.3 Å². The fourth-order valence-corrected chi connectivity index (χ4v) is 3.88. The molecule has 3 rings (SSSR count). The number of aliphatic carboxylic acids is 1. The number of piperidine rings is 1. The minimum atomic E-state index is -0.806. The quantitative estimate of drug-likeness (QED) is 0.796. The molecule has 0 spiro atoms. The number of rotatable bonds is 3. The molecule has 2 fully saturated rings. The number of anilines is 1. The van der Waals surface area contributed by atoms with E-state index in [-0.39, 0.29) is 17.7 Å². The van der Waals surface area contributed by atoms with Gasteiger partial charge >= 0.3 is 5.97 Å². The molecule has 2 saturated heterocycles. The van der Waals surface area contributed by atoms with Gasteiger partial charge in [0.2, 0.25) is 11.8 Å². The van der Waals surface area contributed by atoms with Crippen molar-refractivity contribution in [2.24, 2.45) is 11.8 Å². The van der Waals surface area contributed by atoms with Gasteiger partial charge in [-0.2, -0.15) is 0 Å². The first kappa shape index (κ1) is 17.0. The zero-order chi connectivity index (χ0) is 17.3. The second kappa shape index (κ2) is 6.93. The summed E-state index contributed by atoms with van der Waals surface area (Å²) in [5, 5.41) is 9.03. The average molecular weight is 395 g/mol. The van der Waals surface area contributed by atoms with Crippen LogP contribution in [0.3, 0.4) is 0 Å². The van der Waals surface area contributed by atoms with Crippen LogP contribution in [0, 0.1) is 11.8 Å². The average Bonchev–Trinajstić information content (AvgIpc) is 2.96. The van der Waals surface area contributed by atoms with E-state index >= 15 is 0 Å². The highest BCUT2D eigenvalue weighted by Gasteiger charge is 2.41. The number of carbonyl (C=O) groups is 3. The smallest absolute Gasteiger partial charge is 0.306 e. The molecule has 0 aliphatic carbocycles. The Labute approximate surface area is 148 Å². The lowest BCUT2D eigenvalue weighted by molar-refractivity contribution is -0.148. The lowest BCUT2D eigenvalue weighted by Crippen LogP contribution is -2.45. The van der Waals surface area contributed by atoms with Gasteiger partial charge in [-0.05, 0) is 47.3 Å². The first-order valence-corrected chi connectivity index (χ1v) is 8.86. The Hall–Kier alpha value is -1.89. The SMILES string of the molecule is O=C(O)C1CCN(C(=O)C2CCN(c3ccccc3Br)C2=O)CC1. The highest BCUT2D eigenvalue weighted by molar-refractivity contribution is 9.10. The van der Waals surface area contributed by atoms with E-state index in [4.69, 9.17) is 5.11 Å². The second-order valence-electron chi connectivity index (χ2n) is 6.22. The van der Waals surface area contributed by atoms with E-state index < -0.39 is 11.9 Å². The van der Waals surface area contributed by atoms with Crippen LogP contribution in [0.4, 0.5) is 5.69 Å². The van der Waals surface area contributed by atoms with Gasteiger partial charge in [0.25, 0.3) is 0 Å². The largest absolute Gasteiger partial charge is 0.481 e. The summed E-state index contributed by atoms with van der Waals surface area (Å²) in [4.78, 5) is 39.6. The molecular formula is C17H19BrN2O4. The summed E-state index contributed by atoms with van der Waals surface area (Å²) in [6.45, 7) is 1.34. The number of hydrogen-bond donors (Lipinski definition) is 1. The molecule has 128 valence electrons. The fraction of sp³-hybridized carbons (Fsp3) is 0.471. The lowest BCUT2D eigenvalue weighted by Gasteiger charge is -2.31. The van der Waals surface area contributed by atoms with E-state index in [9.17, 15) is 14.4 Å². The fourth-order valence-electron chi connectivity index (χ4n) is 3.39. The Balaban J connectivity index is 1.66. The van der Waals surface area contributed by atoms with Gasteiger partial charge in [0.05, 0.1) is 11.6 Å². The van der Waals surface area contributed by atoms with Crippen LogP contribution < -0.4 is 4.90 Å². The van der Waals surface area contributed by atoms with Gasteiger partial charge in [-0.1, -0.05) is 12.1 Å². The summed E-state index contributed by atoms with van der Waals surface area (Å²) in [5.74, 6) is -2.19. The third-order valence-corrected chi connectivity index (χ3v) is 5.47. The monoisotopic (exact) mass is 394 g/mol. The maximum absolute atomic E-state index is 12.7. The molecule has 7 heteroatoms. The third kappa shape index (κ3) is 3.17. The summed E-state index contributed by atoms with van der Waals surface area (Å²) in [5.41, 5.74) is 0.780. The zero-order valence-corrected chi connectivity index (χ0v) is 14.7.